The van der Waals surface area contributed by atoms with Crippen molar-refractivity contribution in [2.45, 2.75) is 11.9 Å². The number of benzene rings is 2. The minimum Gasteiger partial charge on any atom is -0.496 e. The van der Waals surface area contributed by atoms with Crippen LogP contribution in [-0.2, 0) is 9.53 Å². The van der Waals surface area contributed by atoms with Gasteiger partial charge < -0.3 is 9.47 Å². The maximum absolute atomic E-state index is 11.9. The Bertz CT molecular complexity index is 1050. The smallest absolute Gasteiger partial charge is 0.316 e. The van der Waals surface area contributed by atoms with Gasteiger partial charge in [-0.05, 0) is 19.1 Å². The van der Waals surface area contributed by atoms with Gasteiger partial charge >= 0.3 is 5.97 Å². The number of carbonyl (C=O) groups excluding carboxylic acids is 1. The molecule has 0 N–H and O–H groups in total. The van der Waals surface area contributed by atoms with Crippen molar-refractivity contribution in [3.05, 3.63) is 66.2 Å². The van der Waals surface area contributed by atoms with E-state index < -0.39 is 0 Å². The highest BCUT2D eigenvalue weighted by Gasteiger charge is 2.19. The van der Waals surface area contributed by atoms with Crippen molar-refractivity contribution in [1.82, 2.24) is 4.98 Å². The molecule has 0 saturated heterocycles. The molecule has 0 saturated carbocycles. The van der Waals surface area contributed by atoms with Crippen molar-refractivity contribution >= 4 is 17.7 Å². The summed E-state index contributed by atoms with van der Waals surface area (Å²) in [6.07, 6.45) is 0. The molecule has 0 spiro atoms. The van der Waals surface area contributed by atoms with Crippen LogP contribution in [0.2, 0.25) is 0 Å². The minimum absolute atomic E-state index is 0.0825. The molecule has 0 aliphatic heterocycles. The van der Waals surface area contributed by atoms with Crippen LogP contribution in [0.3, 0.4) is 0 Å². The van der Waals surface area contributed by atoms with Crippen molar-refractivity contribution in [1.29, 1.82) is 5.26 Å². The second kappa shape index (κ2) is 9.76. The molecular weight excluding hydrogens is 384 g/mol. The monoisotopic (exact) mass is 404 g/mol. The van der Waals surface area contributed by atoms with Gasteiger partial charge in [-0.25, -0.2) is 4.98 Å². The van der Waals surface area contributed by atoms with Crippen LogP contribution in [-0.4, -0.2) is 30.4 Å². The van der Waals surface area contributed by atoms with Gasteiger partial charge in [-0.2, -0.15) is 5.26 Å². The number of para-hydroxylation sites is 1. The summed E-state index contributed by atoms with van der Waals surface area (Å²) < 4.78 is 10.5. The van der Waals surface area contributed by atoms with E-state index in [9.17, 15) is 10.1 Å². The number of hydrogen-bond acceptors (Lipinski definition) is 6. The number of esters is 1. The van der Waals surface area contributed by atoms with E-state index in [0.717, 1.165) is 16.8 Å². The van der Waals surface area contributed by atoms with Gasteiger partial charge in [0.05, 0.1) is 30.7 Å². The molecule has 3 aromatic rings. The van der Waals surface area contributed by atoms with Gasteiger partial charge in [0, 0.05) is 16.7 Å². The van der Waals surface area contributed by atoms with Crippen LogP contribution < -0.4 is 4.74 Å². The van der Waals surface area contributed by atoms with E-state index in [1.165, 1.54) is 11.8 Å². The lowest BCUT2D eigenvalue weighted by molar-refractivity contribution is -0.139. The van der Waals surface area contributed by atoms with Crippen molar-refractivity contribution in [2.75, 3.05) is 19.5 Å². The van der Waals surface area contributed by atoms with Gasteiger partial charge in [-0.3, -0.25) is 4.79 Å². The first kappa shape index (κ1) is 20.4. The highest BCUT2D eigenvalue weighted by molar-refractivity contribution is 7.99. The molecule has 0 unspecified atom stereocenters. The predicted octanol–water partition coefficient (Wildman–Crippen LogP) is 4.95. The maximum Gasteiger partial charge on any atom is 0.316 e. The number of nitriles is 1. The molecule has 0 bridgehead atoms. The van der Waals surface area contributed by atoms with Gasteiger partial charge in [-0.15, -0.1) is 0 Å². The minimum atomic E-state index is -0.341. The van der Waals surface area contributed by atoms with Gasteiger partial charge in [0.1, 0.15) is 16.8 Å². The van der Waals surface area contributed by atoms with Crippen LogP contribution in [0.15, 0.2) is 65.7 Å². The Kier molecular flexibility index (Phi) is 6.88. The third-order valence-electron chi connectivity index (χ3n) is 4.20. The zero-order valence-corrected chi connectivity index (χ0v) is 17.0. The number of rotatable bonds is 7. The third-order valence-corrected chi connectivity index (χ3v) is 5.15. The second-order valence-electron chi connectivity index (χ2n) is 6.01. The zero-order chi connectivity index (χ0) is 20.6. The van der Waals surface area contributed by atoms with Crippen LogP contribution >= 0.6 is 11.8 Å². The summed E-state index contributed by atoms with van der Waals surface area (Å²) in [4.78, 5) is 16.5. The molecule has 1 heterocycles. The summed E-state index contributed by atoms with van der Waals surface area (Å²) in [6.45, 7) is 2.08. The number of aromatic nitrogens is 1. The highest BCUT2D eigenvalue weighted by Crippen LogP contribution is 2.38. The Hall–Kier alpha value is -3.30. The van der Waals surface area contributed by atoms with Crippen LogP contribution in [0.5, 0.6) is 5.75 Å². The number of pyridine rings is 1. The molecule has 5 nitrogen and oxygen atoms in total. The van der Waals surface area contributed by atoms with Gasteiger partial charge in [0.2, 0.25) is 0 Å². The summed E-state index contributed by atoms with van der Waals surface area (Å²) in [5.41, 5.74) is 3.56. The Labute approximate surface area is 174 Å². The average molecular weight is 404 g/mol. The fourth-order valence-electron chi connectivity index (χ4n) is 2.90. The quantitative estimate of drug-likeness (QED) is 0.410. The molecule has 2 aromatic carbocycles. The summed E-state index contributed by atoms with van der Waals surface area (Å²) in [5.74, 6) is 0.404. The van der Waals surface area contributed by atoms with Gasteiger partial charge in [-0.1, -0.05) is 60.3 Å². The molecular formula is C23H20N2O3S. The maximum atomic E-state index is 11.9. The Morgan fingerprint density at radius 2 is 1.83 bits per heavy atom. The summed E-state index contributed by atoms with van der Waals surface area (Å²) in [7, 11) is 1.60. The van der Waals surface area contributed by atoms with Crippen molar-refractivity contribution < 1.29 is 14.3 Å². The van der Waals surface area contributed by atoms with Crippen molar-refractivity contribution in [3.63, 3.8) is 0 Å². The molecule has 6 heteroatoms. The fraction of sp³-hybridized carbons (Fsp3) is 0.174. The average Bonchev–Trinajstić information content (AvgIpc) is 2.77. The highest BCUT2D eigenvalue weighted by atomic mass is 32.2. The van der Waals surface area contributed by atoms with E-state index in [1.54, 1.807) is 14.0 Å². The first-order valence-electron chi connectivity index (χ1n) is 9.10. The number of hydrogen-bond donors (Lipinski definition) is 0. The summed E-state index contributed by atoms with van der Waals surface area (Å²) in [6, 6.07) is 21.4. The molecule has 0 radical (unpaired) electrons. The number of ether oxygens (including phenoxy) is 2. The van der Waals surface area contributed by atoms with Gasteiger partial charge in [0.25, 0.3) is 0 Å². The standard InChI is InChI=1S/C23H20N2O3S/c1-3-28-22(26)15-29-23-19(14-24)18(17-11-7-8-12-21(17)27-2)13-20(25-23)16-9-5-4-6-10-16/h4-13H,3,15H2,1-2H3. The first-order chi connectivity index (χ1) is 14.2. The topological polar surface area (TPSA) is 72.2 Å². The van der Waals surface area contributed by atoms with Crippen LogP contribution in [0.1, 0.15) is 12.5 Å². The second-order valence-corrected chi connectivity index (χ2v) is 6.97. The lowest BCUT2D eigenvalue weighted by Gasteiger charge is -2.14. The van der Waals surface area contributed by atoms with E-state index in [4.69, 9.17) is 9.47 Å². The Balaban J connectivity index is 2.16. The molecule has 0 aliphatic carbocycles. The van der Waals surface area contributed by atoms with Crippen molar-refractivity contribution in [2.24, 2.45) is 0 Å². The summed E-state index contributed by atoms with van der Waals surface area (Å²) >= 11 is 1.20. The lowest BCUT2D eigenvalue weighted by Crippen LogP contribution is -2.07. The normalized spacial score (nSPS) is 10.2. The molecule has 0 amide bonds. The van der Waals surface area contributed by atoms with E-state index >= 15 is 0 Å². The fourth-order valence-corrected chi connectivity index (χ4v) is 3.70. The molecule has 0 aliphatic rings. The molecule has 1 aromatic heterocycles. The molecule has 0 fully saturated rings. The number of nitrogens with zero attached hydrogens (tertiary/aromatic N) is 2. The molecule has 29 heavy (non-hydrogen) atoms. The molecule has 0 atom stereocenters. The first-order valence-corrected chi connectivity index (χ1v) is 10.1. The lowest BCUT2D eigenvalue weighted by atomic mass is 9.98. The van der Waals surface area contributed by atoms with E-state index in [-0.39, 0.29) is 11.7 Å². The van der Waals surface area contributed by atoms with Crippen molar-refractivity contribution in [3.8, 4) is 34.2 Å². The molecule has 146 valence electrons. The van der Waals surface area contributed by atoms with E-state index in [0.29, 0.717) is 28.5 Å². The SMILES string of the molecule is CCOC(=O)CSc1nc(-c2ccccc2)cc(-c2ccccc2OC)c1C#N. The Morgan fingerprint density at radius 1 is 1.10 bits per heavy atom. The zero-order valence-electron chi connectivity index (χ0n) is 16.2. The number of methoxy groups -OCH3 is 1. The van der Waals surface area contributed by atoms with E-state index in [2.05, 4.69) is 11.1 Å². The summed E-state index contributed by atoms with van der Waals surface area (Å²) in [5, 5.41) is 10.4. The van der Waals surface area contributed by atoms with Crippen LogP contribution in [0.25, 0.3) is 22.4 Å². The third kappa shape index (κ3) is 4.76. The van der Waals surface area contributed by atoms with Crippen LogP contribution in [0.4, 0.5) is 0 Å². The predicted molar refractivity (Wildman–Crippen MR) is 114 cm³/mol. The van der Waals surface area contributed by atoms with Crippen LogP contribution in [0, 0.1) is 11.3 Å². The molecule has 3 rings (SSSR count). The number of thioether (sulfide) groups is 1. The van der Waals surface area contributed by atoms with Gasteiger partial charge in [0.15, 0.2) is 0 Å². The Morgan fingerprint density at radius 3 is 2.52 bits per heavy atom. The largest absolute Gasteiger partial charge is 0.496 e. The number of carbonyl (C=O) groups is 1. The van der Waals surface area contributed by atoms with E-state index in [1.807, 2.05) is 60.7 Å².